The summed E-state index contributed by atoms with van der Waals surface area (Å²) < 4.78 is 5.98. The van der Waals surface area contributed by atoms with Crippen LogP contribution in [0.15, 0.2) is 60.7 Å². The Morgan fingerprint density at radius 1 is 0.939 bits per heavy atom. The van der Waals surface area contributed by atoms with Crippen molar-refractivity contribution >= 4 is 11.7 Å². The van der Waals surface area contributed by atoms with Crippen molar-refractivity contribution in [3.63, 3.8) is 0 Å². The average Bonchev–Trinajstić information content (AvgIpc) is 2.79. The Bertz CT molecular complexity index is 1100. The predicted molar refractivity (Wildman–Crippen MR) is 134 cm³/mol. The summed E-state index contributed by atoms with van der Waals surface area (Å²) in [5, 5.41) is 22.1. The third kappa shape index (κ3) is 5.93. The van der Waals surface area contributed by atoms with Crippen molar-refractivity contribution in [3.05, 3.63) is 71.8 Å². The molecule has 0 aliphatic rings. The minimum absolute atomic E-state index is 0.0797. The Labute approximate surface area is 196 Å². The second-order valence-electron chi connectivity index (χ2n) is 9.06. The van der Waals surface area contributed by atoms with Crippen molar-refractivity contribution in [1.82, 2.24) is 0 Å². The number of ether oxygens (including phenoxy) is 1. The number of aliphatic hydroxyl groups excluding tert-OH is 1. The van der Waals surface area contributed by atoms with E-state index < -0.39 is 5.97 Å². The number of benzene rings is 3. The zero-order valence-corrected chi connectivity index (χ0v) is 19.8. The molecule has 0 aromatic heterocycles. The zero-order chi connectivity index (χ0) is 24.0. The van der Waals surface area contributed by atoms with E-state index in [1.54, 1.807) is 6.07 Å². The number of carboxylic acid groups (broad SMARTS) is 1. The molecule has 0 atom stereocenters. The van der Waals surface area contributed by atoms with Crippen LogP contribution in [0.4, 0.5) is 5.69 Å². The predicted octanol–water partition coefficient (Wildman–Crippen LogP) is 6.21. The lowest BCUT2D eigenvalue weighted by Gasteiger charge is -2.22. The summed E-state index contributed by atoms with van der Waals surface area (Å²) in [5.74, 6) is -0.165. The number of hydrogen-bond acceptors (Lipinski definition) is 4. The summed E-state index contributed by atoms with van der Waals surface area (Å²) in [4.78, 5) is 11.8. The summed E-state index contributed by atoms with van der Waals surface area (Å²) in [6.07, 6.45) is 0.562. The van der Waals surface area contributed by atoms with Crippen LogP contribution in [0, 0.1) is 0 Å². The first-order valence-electron chi connectivity index (χ1n) is 11.3. The number of aromatic carboxylic acids is 1. The van der Waals surface area contributed by atoms with E-state index in [1.807, 2.05) is 57.2 Å². The number of aliphatic hydroxyl groups is 1. The van der Waals surface area contributed by atoms with Gasteiger partial charge < -0.3 is 20.3 Å². The van der Waals surface area contributed by atoms with Crippen LogP contribution in [0.5, 0.6) is 5.75 Å². The van der Waals surface area contributed by atoms with Crippen molar-refractivity contribution < 1.29 is 19.7 Å². The van der Waals surface area contributed by atoms with E-state index in [2.05, 4.69) is 30.4 Å². The van der Waals surface area contributed by atoms with Crippen LogP contribution < -0.4 is 10.1 Å². The Balaban J connectivity index is 2.08. The van der Waals surface area contributed by atoms with Gasteiger partial charge in [-0.05, 0) is 71.0 Å². The van der Waals surface area contributed by atoms with Crippen LogP contribution in [0.2, 0.25) is 0 Å². The van der Waals surface area contributed by atoms with Crippen molar-refractivity contribution in [1.29, 1.82) is 0 Å². The van der Waals surface area contributed by atoms with Gasteiger partial charge in [0.1, 0.15) is 5.75 Å². The van der Waals surface area contributed by atoms with Gasteiger partial charge in [0, 0.05) is 30.8 Å². The molecule has 0 amide bonds. The molecule has 0 aliphatic carbocycles. The van der Waals surface area contributed by atoms with Gasteiger partial charge in [-0.15, -0.1) is 0 Å². The molecule has 0 bridgehead atoms. The molecule has 0 aliphatic heterocycles. The summed E-state index contributed by atoms with van der Waals surface area (Å²) in [6, 6.07) is 19.8. The molecule has 3 aromatic rings. The van der Waals surface area contributed by atoms with Gasteiger partial charge in [-0.25, -0.2) is 4.79 Å². The third-order valence-corrected chi connectivity index (χ3v) is 5.51. The number of nitrogens with one attached hydrogen (secondary N) is 1. The van der Waals surface area contributed by atoms with Crippen LogP contribution in [0.1, 0.15) is 50.0 Å². The molecule has 0 unspecified atom stereocenters. The fraction of sp³-hybridized carbons (Fsp3) is 0.321. The van der Waals surface area contributed by atoms with Crippen LogP contribution in [0.25, 0.3) is 22.3 Å². The maximum atomic E-state index is 11.8. The Hall–Kier alpha value is -3.31. The maximum Gasteiger partial charge on any atom is 0.335 e. The Kier molecular flexibility index (Phi) is 7.77. The monoisotopic (exact) mass is 447 g/mol. The van der Waals surface area contributed by atoms with Crippen LogP contribution in [-0.4, -0.2) is 35.9 Å². The minimum atomic E-state index is -0.916. The molecule has 0 saturated heterocycles. The smallest absolute Gasteiger partial charge is 0.335 e. The van der Waals surface area contributed by atoms with Gasteiger partial charge in [0.2, 0.25) is 0 Å². The van der Waals surface area contributed by atoms with Gasteiger partial charge in [-0.1, -0.05) is 45.0 Å². The maximum absolute atomic E-state index is 11.8. The third-order valence-electron chi connectivity index (χ3n) is 5.51. The highest BCUT2D eigenvalue weighted by molar-refractivity contribution is 5.91. The minimum Gasteiger partial charge on any atom is -0.493 e. The van der Waals surface area contributed by atoms with E-state index in [-0.39, 0.29) is 12.0 Å². The van der Waals surface area contributed by atoms with E-state index in [0.717, 1.165) is 45.8 Å². The topological polar surface area (TPSA) is 78.8 Å². The highest BCUT2D eigenvalue weighted by Gasteiger charge is 2.22. The molecule has 0 fully saturated rings. The fourth-order valence-electron chi connectivity index (χ4n) is 3.81. The molecule has 5 nitrogen and oxygen atoms in total. The summed E-state index contributed by atoms with van der Waals surface area (Å²) in [5.41, 5.74) is 5.79. The summed E-state index contributed by atoms with van der Waals surface area (Å²) in [6.45, 7) is 9.49. The molecule has 0 spiro atoms. The van der Waals surface area contributed by atoms with E-state index in [0.29, 0.717) is 18.6 Å². The van der Waals surface area contributed by atoms with Gasteiger partial charge in [-0.3, -0.25) is 0 Å². The first-order chi connectivity index (χ1) is 15.7. The molecule has 5 heteroatoms. The van der Waals surface area contributed by atoms with Crippen LogP contribution in [-0.2, 0) is 5.41 Å². The van der Waals surface area contributed by atoms with Crippen molar-refractivity contribution in [3.8, 4) is 28.0 Å². The number of carbonyl (C=O) groups is 1. The SMILES string of the molecule is CCNc1ccc(-c2cc(-c3ccc(C(=O)O)c(C(C)(C)C)c3)ccc2OCCCO)cc1. The second-order valence-corrected chi connectivity index (χ2v) is 9.06. The molecule has 3 aromatic carbocycles. The molecule has 0 saturated carbocycles. The van der Waals surface area contributed by atoms with Gasteiger partial charge in [-0.2, -0.15) is 0 Å². The molecular formula is C28H33NO4. The lowest BCUT2D eigenvalue weighted by Crippen LogP contribution is -2.17. The van der Waals surface area contributed by atoms with E-state index in [9.17, 15) is 9.90 Å². The standard InChI is InChI=1S/C28H33NO4/c1-5-29-22-11-7-19(8-12-22)24-17-20(10-14-26(24)33-16-6-15-30)21-9-13-23(27(31)32)25(18-21)28(2,3)4/h7-14,17-18,29-30H,5-6,15-16H2,1-4H3,(H,31,32). The molecule has 0 radical (unpaired) electrons. The molecule has 174 valence electrons. The van der Waals surface area contributed by atoms with Gasteiger partial charge in [0.05, 0.1) is 12.2 Å². The van der Waals surface area contributed by atoms with E-state index >= 15 is 0 Å². The number of carboxylic acids is 1. The molecular weight excluding hydrogens is 414 g/mol. The van der Waals surface area contributed by atoms with Crippen molar-refractivity contribution in [2.24, 2.45) is 0 Å². The zero-order valence-electron chi connectivity index (χ0n) is 19.8. The number of anilines is 1. The number of hydrogen-bond donors (Lipinski definition) is 3. The lowest BCUT2D eigenvalue weighted by atomic mass is 9.82. The summed E-state index contributed by atoms with van der Waals surface area (Å²) in [7, 11) is 0. The first kappa shape index (κ1) is 24.3. The molecule has 3 N–H and O–H groups in total. The van der Waals surface area contributed by atoms with Crippen LogP contribution >= 0.6 is 0 Å². The van der Waals surface area contributed by atoms with Crippen LogP contribution in [0.3, 0.4) is 0 Å². The molecule has 33 heavy (non-hydrogen) atoms. The van der Waals surface area contributed by atoms with Gasteiger partial charge in [0.15, 0.2) is 0 Å². The molecule has 3 rings (SSSR count). The number of rotatable bonds is 9. The highest BCUT2D eigenvalue weighted by Crippen LogP contribution is 2.37. The normalized spacial score (nSPS) is 11.3. The largest absolute Gasteiger partial charge is 0.493 e. The lowest BCUT2D eigenvalue weighted by molar-refractivity contribution is 0.0694. The van der Waals surface area contributed by atoms with Crippen molar-refractivity contribution in [2.45, 2.75) is 39.5 Å². The highest BCUT2D eigenvalue weighted by atomic mass is 16.5. The van der Waals surface area contributed by atoms with Gasteiger partial charge >= 0.3 is 5.97 Å². The second kappa shape index (κ2) is 10.5. The van der Waals surface area contributed by atoms with E-state index in [4.69, 9.17) is 9.84 Å². The average molecular weight is 448 g/mol. The Morgan fingerprint density at radius 3 is 2.18 bits per heavy atom. The van der Waals surface area contributed by atoms with Gasteiger partial charge in [0.25, 0.3) is 0 Å². The van der Waals surface area contributed by atoms with E-state index in [1.165, 1.54) is 0 Å². The fourth-order valence-corrected chi connectivity index (χ4v) is 3.81. The molecule has 0 heterocycles. The quantitative estimate of drug-likeness (QED) is 0.340. The Morgan fingerprint density at radius 2 is 1.58 bits per heavy atom. The summed E-state index contributed by atoms with van der Waals surface area (Å²) >= 11 is 0. The van der Waals surface area contributed by atoms with Crippen molar-refractivity contribution in [2.75, 3.05) is 25.1 Å². The first-order valence-corrected chi connectivity index (χ1v) is 11.3.